The first-order valence-corrected chi connectivity index (χ1v) is 11.1. The number of carbonyl (C=O) groups is 2. The van der Waals surface area contributed by atoms with Gasteiger partial charge in [0, 0.05) is 17.8 Å². The Hall–Kier alpha value is -3.26. The topological polar surface area (TPSA) is 81.0 Å². The van der Waals surface area contributed by atoms with Crippen LogP contribution in [0.25, 0.3) is 0 Å². The van der Waals surface area contributed by atoms with Gasteiger partial charge >= 0.3 is 0 Å². The van der Waals surface area contributed by atoms with Crippen LogP contribution < -0.4 is 10.6 Å². The molecular weight excluding hydrogens is 422 g/mol. The van der Waals surface area contributed by atoms with Crippen LogP contribution in [-0.2, 0) is 24.4 Å². The third-order valence-electron chi connectivity index (χ3n) is 5.26. The molecule has 0 radical (unpaired) electrons. The number of aromatic nitrogens is 3. The van der Waals surface area contributed by atoms with Gasteiger partial charge in [-0.1, -0.05) is 50.2 Å². The Morgan fingerprint density at radius 1 is 1.09 bits per heavy atom. The molecule has 1 aromatic heterocycles. The molecule has 0 unspecified atom stereocenters. The molecule has 0 saturated heterocycles. The van der Waals surface area contributed by atoms with Crippen LogP contribution in [0.15, 0.2) is 48.5 Å². The van der Waals surface area contributed by atoms with Crippen LogP contribution in [0.3, 0.4) is 0 Å². The Labute approximate surface area is 193 Å². The number of benzene rings is 2. The zero-order chi connectivity index (χ0) is 23.3. The predicted octanol–water partition coefficient (Wildman–Crippen LogP) is 4.43. The fourth-order valence-corrected chi connectivity index (χ4v) is 3.90. The maximum absolute atomic E-state index is 12.7. The van der Waals surface area contributed by atoms with E-state index in [1.165, 1.54) is 4.68 Å². The van der Waals surface area contributed by atoms with Crippen molar-refractivity contribution < 1.29 is 9.59 Å². The van der Waals surface area contributed by atoms with Crippen molar-refractivity contribution in [3.8, 4) is 0 Å². The molecular formula is C24H29N5O2S. The number of nitrogens with zero attached hydrogens (tertiary/aromatic N) is 3. The van der Waals surface area contributed by atoms with Crippen molar-refractivity contribution in [1.29, 1.82) is 0 Å². The number of nitrogens with one attached hydrogen (secondary N) is 2. The van der Waals surface area contributed by atoms with Gasteiger partial charge in [0.1, 0.15) is 6.54 Å². The van der Waals surface area contributed by atoms with Crippen LogP contribution in [-0.4, -0.2) is 26.2 Å². The Morgan fingerprint density at radius 3 is 2.47 bits per heavy atom. The van der Waals surface area contributed by atoms with Gasteiger partial charge in [-0.2, -0.15) is 5.10 Å². The van der Waals surface area contributed by atoms with Crippen molar-refractivity contribution in [2.45, 2.75) is 53.2 Å². The second kappa shape index (κ2) is 10.4. The first-order chi connectivity index (χ1) is 15.3. The summed E-state index contributed by atoms with van der Waals surface area (Å²) in [6, 6.07) is 15.2. The quantitative estimate of drug-likeness (QED) is 0.496. The number of para-hydroxylation sites is 1. The van der Waals surface area contributed by atoms with E-state index in [0.717, 1.165) is 16.8 Å². The molecule has 2 N–H and O–H groups in total. The molecule has 0 spiro atoms. The van der Waals surface area contributed by atoms with E-state index in [1.807, 2.05) is 60.9 Å². The predicted molar refractivity (Wildman–Crippen MR) is 128 cm³/mol. The van der Waals surface area contributed by atoms with Crippen molar-refractivity contribution in [2.75, 3.05) is 5.32 Å². The first-order valence-electron chi connectivity index (χ1n) is 10.7. The zero-order valence-electron chi connectivity index (χ0n) is 18.9. The van der Waals surface area contributed by atoms with E-state index in [0.29, 0.717) is 22.7 Å². The van der Waals surface area contributed by atoms with Gasteiger partial charge in [0.25, 0.3) is 5.91 Å². The maximum atomic E-state index is 12.7. The largest absolute Gasteiger partial charge is 0.345 e. The SMILES string of the molecule is CCn1c(CNC(=O)c2ccccc2C)nn(CC(=O)Nc2ccccc2C(C)C)c1=S. The van der Waals surface area contributed by atoms with Crippen molar-refractivity contribution in [3.63, 3.8) is 0 Å². The number of amides is 2. The normalized spacial score (nSPS) is 10.9. The molecule has 8 heteroatoms. The van der Waals surface area contributed by atoms with Gasteiger partial charge in [-0.25, -0.2) is 4.68 Å². The van der Waals surface area contributed by atoms with Crippen molar-refractivity contribution in [2.24, 2.45) is 0 Å². The minimum absolute atomic E-state index is 0.00297. The van der Waals surface area contributed by atoms with Crippen LogP contribution in [0.5, 0.6) is 0 Å². The lowest BCUT2D eigenvalue weighted by molar-refractivity contribution is -0.116. The fraction of sp³-hybridized carbons (Fsp3) is 0.333. The minimum atomic E-state index is -0.203. The molecule has 0 bridgehead atoms. The number of hydrogen-bond donors (Lipinski definition) is 2. The Balaban J connectivity index is 1.72. The molecule has 2 aromatic carbocycles. The second-order valence-electron chi connectivity index (χ2n) is 7.89. The van der Waals surface area contributed by atoms with E-state index in [4.69, 9.17) is 12.2 Å². The van der Waals surface area contributed by atoms with Crippen molar-refractivity contribution in [3.05, 3.63) is 75.8 Å². The van der Waals surface area contributed by atoms with E-state index >= 15 is 0 Å². The lowest BCUT2D eigenvalue weighted by atomic mass is 10.0. The summed E-state index contributed by atoms with van der Waals surface area (Å²) in [6.45, 7) is 8.82. The van der Waals surface area contributed by atoms with E-state index in [9.17, 15) is 9.59 Å². The highest BCUT2D eigenvalue weighted by Crippen LogP contribution is 2.23. The molecule has 168 valence electrons. The maximum Gasteiger partial charge on any atom is 0.251 e. The number of rotatable bonds is 8. The molecule has 0 aliphatic carbocycles. The van der Waals surface area contributed by atoms with Gasteiger partial charge in [-0.15, -0.1) is 0 Å². The van der Waals surface area contributed by atoms with Gasteiger partial charge in [0.05, 0.1) is 6.54 Å². The summed E-state index contributed by atoms with van der Waals surface area (Å²) in [5.74, 6) is 0.519. The van der Waals surface area contributed by atoms with Crippen LogP contribution in [0.4, 0.5) is 5.69 Å². The molecule has 0 aliphatic rings. The van der Waals surface area contributed by atoms with E-state index in [1.54, 1.807) is 6.07 Å². The highest BCUT2D eigenvalue weighted by Gasteiger charge is 2.16. The lowest BCUT2D eigenvalue weighted by Crippen LogP contribution is -2.25. The minimum Gasteiger partial charge on any atom is -0.345 e. The number of hydrogen-bond acceptors (Lipinski definition) is 4. The Bertz CT molecular complexity index is 1180. The fourth-order valence-electron chi connectivity index (χ4n) is 3.56. The summed E-state index contributed by atoms with van der Waals surface area (Å²) in [4.78, 5) is 25.3. The molecule has 0 saturated carbocycles. The second-order valence-corrected chi connectivity index (χ2v) is 8.25. The van der Waals surface area contributed by atoms with Crippen LogP contribution in [0.2, 0.25) is 0 Å². The third kappa shape index (κ3) is 5.31. The van der Waals surface area contributed by atoms with Crippen molar-refractivity contribution in [1.82, 2.24) is 19.7 Å². The smallest absolute Gasteiger partial charge is 0.251 e. The van der Waals surface area contributed by atoms with E-state index < -0.39 is 0 Å². The molecule has 32 heavy (non-hydrogen) atoms. The van der Waals surface area contributed by atoms with Gasteiger partial charge in [0.2, 0.25) is 5.91 Å². The summed E-state index contributed by atoms with van der Waals surface area (Å²) in [7, 11) is 0. The number of carbonyl (C=O) groups excluding carboxylic acids is 2. The summed E-state index contributed by atoms with van der Waals surface area (Å²) >= 11 is 5.53. The standard InChI is InChI=1S/C24H29N5O2S/c1-5-28-21(14-25-23(31)19-12-7-6-10-17(19)4)27-29(24(28)32)15-22(30)26-20-13-9-8-11-18(20)16(2)3/h6-13,16H,5,14-15H2,1-4H3,(H,25,31)(H,26,30). The summed E-state index contributed by atoms with van der Waals surface area (Å²) in [5, 5.41) is 10.4. The highest BCUT2D eigenvalue weighted by atomic mass is 32.1. The average molecular weight is 452 g/mol. The van der Waals surface area contributed by atoms with Gasteiger partial charge in [-0.05, 0) is 55.2 Å². The van der Waals surface area contributed by atoms with E-state index in [2.05, 4.69) is 29.6 Å². The zero-order valence-corrected chi connectivity index (χ0v) is 19.7. The van der Waals surface area contributed by atoms with Gasteiger partial charge in [-0.3, -0.25) is 9.59 Å². The summed E-state index contributed by atoms with van der Waals surface area (Å²) < 4.78 is 3.77. The molecule has 7 nitrogen and oxygen atoms in total. The summed E-state index contributed by atoms with van der Waals surface area (Å²) in [6.07, 6.45) is 0. The van der Waals surface area contributed by atoms with Crippen LogP contribution in [0, 0.1) is 11.7 Å². The molecule has 2 amide bonds. The van der Waals surface area contributed by atoms with Crippen LogP contribution >= 0.6 is 12.2 Å². The van der Waals surface area contributed by atoms with Crippen LogP contribution in [0.1, 0.15) is 54.0 Å². The number of aryl methyl sites for hydroxylation is 1. The molecule has 0 atom stereocenters. The highest BCUT2D eigenvalue weighted by molar-refractivity contribution is 7.71. The monoisotopic (exact) mass is 451 g/mol. The molecule has 3 aromatic rings. The third-order valence-corrected chi connectivity index (χ3v) is 5.69. The first kappa shape index (κ1) is 23.4. The molecule has 3 rings (SSSR count). The Morgan fingerprint density at radius 2 is 1.78 bits per heavy atom. The summed E-state index contributed by atoms with van der Waals surface area (Å²) in [5.41, 5.74) is 3.39. The lowest BCUT2D eigenvalue weighted by Gasteiger charge is -2.13. The van der Waals surface area contributed by atoms with Crippen molar-refractivity contribution >= 4 is 29.7 Å². The average Bonchev–Trinajstić information content (AvgIpc) is 3.06. The van der Waals surface area contributed by atoms with Gasteiger partial charge in [0.15, 0.2) is 10.6 Å². The van der Waals surface area contributed by atoms with E-state index in [-0.39, 0.29) is 30.8 Å². The molecule has 1 heterocycles. The number of anilines is 1. The molecule has 0 fully saturated rings. The molecule has 0 aliphatic heterocycles. The van der Waals surface area contributed by atoms with Gasteiger partial charge < -0.3 is 15.2 Å². The Kier molecular flexibility index (Phi) is 7.58.